The first-order chi connectivity index (χ1) is 14.5. The highest BCUT2D eigenvalue weighted by molar-refractivity contribution is 5.89. The van der Waals surface area contributed by atoms with Crippen LogP contribution in [0.3, 0.4) is 0 Å². The number of aryl methyl sites for hydroxylation is 1. The number of ketones is 1. The van der Waals surface area contributed by atoms with E-state index in [1.54, 1.807) is 13.2 Å². The zero-order valence-electron chi connectivity index (χ0n) is 19.4. The van der Waals surface area contributed by atoms with Crippen LogP contribution in [-0.2, 0) is 11.2 Å². The summed E-state index contributed by atoms with van der Waals surface area (Å²) in [4.78, 5) is 25.6. The lowest BCUT2D eigenvalue weighted by Gasteiger charge is -2.54. The SMILES string of the molecule is COc1cc(C)c2c3c(c(=O)oc2c1)C[C@@H]([C@@]1(C)CC[C@H]2C(C)(C)C(=O)CC[C@@]21C)O3. The van der Waals surface area contributed by atoms with Crippen LogP contribution in [0.1, 0.15) is 64.5 Å². The maximum atomic E-state index is 12.9. The number of carbonyl (C=O) groups excluding carboxylic acids is 1. The summed E-state index contributed by atoms with van der Waals surface area (Å²) in [5.41, 5.74) is 1.37. The highest BCUT2D eigenvalue weighted by Gasteiger charge is 2.65. The molecular formula is C26H32O5. The summed E-state index contributed by atoms with van der Waals surface area (Å²) in [6, 6.07) is 3.70. The summed E-state index contributed by atoms with van der Waals surface area (Å²) in [5.74, 6) is 2.05. The highest BCUT2D eigenvalue weighted by atomic mass is 16.5. The van der Waals surface area contributed by atoms with Gasteiger partial charge < -0.3 is 13.9 Å². The third-order valence-corrected chi connectivity index (χ3v) is 9.31. The van der Waals surface area contributed by atoms with Crippen molar-refractivity contribution in [3.8, 4) is 11.5 Å². The molecule has 0 radical (unpaired) electrons. The number of ether oxygens (including phenoxy) is 2. The van der Waals surface area contributed by atoms with Gasteiger partial charge in [0.05, 0.1) is 18.1 Å². The molecule has 166 valence electrons. The van der Waals surface area contributed by atoms with Crippen molar-refractivity contribution in [2.24, 2.45) is 22.2 Å². The average Bonchev–Trinajstić information content (AvgIpc) is 3.27. The molecule has 1 aromatic carbocycles. The Labute approximate surface area is 183 Å². The van der Waals surface area contributed by atoms with E-state index in [4.69, 9.17) is 13.9 Å². The van der Waals surface area contributed by atoms with Gasteiger partial charge in [0.1, 0.15) is 29.0 Å². The van der Waals surface area contributed by atoms with Gasteiger partial charge in [-0.3, -0.25) is 4.79 Å². The van der Waals surface area contributed by atoms with Crippen molar-refractivity contribution < 1.29 is 18.7 Å². The lowest BCUT2D eigenvalue weighted by Crippen LogP contribution is -2.54. The van der Waals surface area contributed by atoms with Crippen LogP contribution in [0.25, 0.3) is 11.0 Å². The maximum Gasteiger partial charge on any atom is 0.343 e. The number of hydrogen-bond acceptors (Lipinski definition) is 5. The van der Waals surface area contributed by atoms with Gasteiger partial charge in [-0.05, 0) is 49.1 Å². The van der Waals surface area contributed by atoms with Crippen LogP contribution in [0.5, 0.6) is 11.5 Å². The topological polar surface area (TPSA) is 65.7 Å². The first kappa shape index (κ1) is 20.6. The van der Waals surface area contributed by atoms with Gasteiger partial charge in [0.15, 0.2) is 0 Å². The smallest absolute Gasteiger partial charge is 0.343 e. The number of hydrogen-bond donors (Lipinski definition) is 0. The standard InChI is InChI=1S/C26H32O5/c1-14-11-15(29-6)12-17-21(14)22-16(23(28)30-17)13-20(31-22)26(5)9-7-18-24(2,3)19(27)8-10-25(18,26)4/h11-12,18,20H,7-10,13H2,1-6H3/t18-,20-,25-,26+/m0/s1. The molecule has 0 amide bonds. The number of fused-ring (bicyclic) bond motifs is 4. The van der Waals surface area contributed by atoms with E-state index >= 15 is 0 Å². The Bertz CT molecular complexity index is 1160. The fraction of sp³-hybridized carbons (Fsp3) is 0.615. The number of rotatable bonds is 2. The minimum atomic E-state index is -0.319. The predicted octanol–water partition coefficient (Wildman–Crippen LogP) is 5.23. The molecule has 2 heterocycles. The largest absolute Gasteiger partial charge is 0.497 e. The third kappa shape index (κ3) is 2.55. The van der Waals surface area contributed by atoms with Gasteiger partial charge in [0.2, 0.25) is 0 Å². The minimum absolute atomic E-state index is 0.00855. The summed E-state index contributed by atoms with van der Waals surface area (Å²) >= 11 is 0. The van der Waals surface area contributed by atoms with E-state index in [-0.39, 0.29) is 28.0 Å². The molecule has 0 N–H and O–H groups in total. The lowest BCUT2D eigenvalue weighted by atomic mass is 9.50. The summed E-state index contributed by atoms with van der Waals surface area (Å²) < 4.78 is 17.7. The van der Waals surface area contributed by atoms with Crippen molar-refractivity contribution >= 4 is 16.8 Å². The van der Waals surface area contributed by atoms with Gasteiger partial charge in [0, 0.05) is 29.7 Å². The van der Waals surface area contributed by atoms with Crippen LogP contribution < -0.4 is 15.1 Å². The van der Waals surface area contributed by atoms with Crippen LogP contribution in [0, 0.1) is 29.1 Å². The third-order valence-electron chi connectivity index (χ3n) is 9.31. The minimum Gasteiger partial charge on any atom is -0.497 e. The van der Waals surface area contributed by atoms with Gasteiger partial charge in [-0.25, -0.2) is 4.79 Å². The van der Waals surface area contributed by atoms with Crippen LogP contribution in [-0.4, -0.2) is 19.0 Å². The van der Waals surface area contributed by atoms with E-state index in [1.165, 1.54) is 0 Å². The molecule has 2 fully saturated rings. The molecule has 2 saturated carbocycles. The van der Waals surface area contributed by atoms with Crippen molar-refractivity contribution in [2.45, 2.75) is 72.8 Å². The zero-order valence-corrected chi connectivity index (χ0v) is 19.4. The normalized spacial score (nSPS) is 33.8. The molecule has 0 unspecified atom stereocenters. The van der Waals surface area contributed by atoms with Gasteiger partial charge >= 0.3 is 5.63 Å². The monoisotopic (exact) mass is 424 g/mol. The summed E-state index contributed by atoms with van der Waals surface area (Å²) in [6.45, 7) is 10.9. The Morgan fingerprint density at radius 1 is 1.06 bits per heavy atom. The second kappa shape index (κ2) is 6.36. The Morgan fingerprint density at radius 3 is 2.52 bits per heavy atom. The molecule has 0 saturated heterocycles. The molecule has 4 atom stereocenters. The van der Waals surface area contributed by atoms with Crippen LogP contribution in [0.4, 0.5) is 0 Å². The Balaban J connectivity index is 1.59. The van der Waals surface area contributed by atoms with Crippen LogP contribution in [0.15, 0.2) is 21.3 Å². The van der Waals surface area contributed by atoms with E-state index < -0.39 is 0 Å². The fourth-order valence-electron chi connectivity index (χ4n) is 7.13. The molecule has 31 heavy (non-hydrogen) atoms. The van der Waals surface area contributed by atoms with Crippen molar-refractivity contribution in [1.29, 1.82) is 0 Å². The average molecular weight is 425 g/mol. The molecule has 3 aliphatic rings. The first-order valence-corrected chi connectivity index (χ1v) is 11.4. The van der Waals surface area contributed by atoms with E-state index in [2.05, 4.69) is 27.7 Å². The van der Waals surface area contributed by atoms with Gasteiger partial charge in [0.25, 0.3) is 0 Å². The number of methoxy groups -OCH3 is 1. The number of Topliss-reactive ketones (excluding diaryl/α,β-unsaturated/α-hetero) is 1. The fourth-order valence-corrected chi connectivity index (χ4v) is 7.13. The van der Waals surface area contributed by atoms with Crippen molar-refractivity contribution in [3.05, 3.63) is 33.7 Å². The lowest BCUT2D eigenvalue weighted by molar-refractivity contribution is -0.145. The Kier molecular flexibility index (Phi) is 4.23. The number of benzene rings is 1. The van der Waals surface area contributed by atoms with Crippen LogP contribution >= 0.6 is 0 Å². The molecule has 0 spiro atoms. The van der Waals surface area contributed by atoms with Crippen molar-refractivity contribution in [1.82, 2.24) is 0 Å². The second-order valence-corrected chi connectivity index (χ2v) is 10.9. The van der Waals surface area contributed by atoms with Gasteiger partial charge in [-0.1, -0.05) is 27.7 Å². The maximum absolute atomic E-state index is 12.9. The Hall–Kier alpha value is -2.30. The van der Waals surface area contributed by atoms with Crippen molar-refractivity contribution in [3.63, 3.8) is 0 Å². The van der Waals surface area contributed by atoms with Crippen LogP contribution in [0.2, 0.25) is 0 Å². The molecule has 1 aromatic heterocycles. The molecule has 1 aliphatic heterocycles. The van der Waals surface area contributed by atoms with E-state index in [1.807, 2.05) is 13.0 Å². The summed E-state index contributed by atoms with van der Waals surface area (Å²) in [6.07, 6.45) is 3.99. The molecule has 0 bridgehead atoms. The summed E-state index contributed by atoms with van der Waals surface area (Å²) in [5, 5.41) is 0.861. The number of carbonyl (C=O) groups is 1. The highest BCUT2D eigenvalue weighted by Crippen LogP contribution is 2.68. The Morgan fingerprint density at radius 2 is 1.81 bits per heavy atom. The molecule has 5 heteroatoms. The zero-order chi connectivity index (χ0) is 22.3. The second-order valence-electron chi connectivity index (χ2n) is 10.9. The van der Waals surface area contributed by atoms with Crippen molar-refractivity contribution in [2.75, 3.05) is 7.11 Å². The van der Waals surface area contributed by atoms with Gasteiger partial charge in [-0.15, -0.1) is 0 Å². The first-order valence-electron chi connectivity index (χ1n) is 11.4. The quantitative estimate of drug-likeness (QED) is 0.618. The van der Waals surface area contributed by atoms with E-state index in [0.29, 0.717) is 47.2 Å². The molecule has 5 nitrogen and oxygen atoms in total. The predicted molar refractivity (Wildman–Crippen MR) is 119 cm³/mol. The molecule has 2 aromatic rings. The molecule has 5 rings (SSSR count). The van der Waals surface area contributed by atoms with E-state index in [9.17, 15) is 9.59 Å². The molecular weight excluding hydrogens is 392 g/mol. The summed E-state index contributed by atoms with van der Waals surface area (Å²) in [7, 11) is 1.60. The molecule has 2 aliphatic carbocycles. The van der Waals surface area contributed by atoms with E-state index in [0.717, 1.165) is 30.2 Å². The van der Waals surface area contributed by atoms with Gasteiger partial charge in [-0.2, -0.15) is 0 Å².